The van der Waals surface area contributed by atoms with Crippen LogP contribution in [0.1, 0.15) is 46.9 Å². The Bertz CT molecular complexity index is 903. The number of para-hydroxylation sites is 2. The zero-order valence-electron chi connectivity index (χ0n) is 14.7. The van der Waals surface area contributed by atoms with Crippen molar-refractivity contribution in [2.75, 3.05) is 18.6 Å². The van der Waals surface area contributed by atoms with Gasteiger partial charge >= 0.3 is 0 Å². The maximum absolute atomic E-state index is 12.9. The smallest absolute Gasteiger partial charge is 0.233 e. The Kier molecular flexibility index (Phi) is 3.42. The molecule has 1 amide bonds. The first-order valence-electron chi connectivity index (χ1n) is 9.23. The molecule has 2 aromatic rings. The number of benzene rings is 1. The second kappa shape index (κ2) is 5.69. The van der Waals surface area contributed by atoms with Gasteiger partial charge in [-0.2, -0.15) is 5.10 Å². The minimum atomic E-state index is -0.495. The lowest BCUT2D eigenvalue weighted by molar-refractivity contribution is -0.122. The lowest BCUT2D eigenvalue weighted by atomic mass is 9.92. The predicted molar refractivity (Wildman–Crippen MR) is 95.5 cm³/mol. The summed E-state index contributed by atoms with van der Waals surface area (Å²) in [6.45, 7) is 0.213. The minimum Gasteiger partial charge on any atom is -0.491 e. The summed E-state index contributed by atoms with van der Waals surface area (Å²) >= 11 is 0. The number of aromatic amines is 1. The summed E-state index contributed by atoms with van der Waals surface area (Å²) < 4.78 is 5.82. The van der Waals surface area contributed by atoms with Crippen molar-refractivity contribution < 1.29 is 14.3 Å². The molecule has 0 spiro atoms. The fourth-order valence-electron chi connectivity index (χ4n) is 4.42. The normalized spacial score (nSPS) is 26.3. The van der Waals surface area contributed by atoms with Crippen LogP contribution in [-0.4, -0.2) is 35.5 Å². The number of carbonyl (C=O) groups excluding carboxylic acids is 2. The van der Waals surface area contributed by atoms with Crippen molar-refractivity contribution in [3.63, 3.8) is 0 Å². The molecule has 1 N–H and O–H groups in total. The maximum atomic E-state index is 12.9. The Labute approximate surface area is 151 Å². The van der Waals surface area contributed by atoms with Crippen LogP contribution in [0.2, 0.25) is 0 Å². The number of H-pyrrole nitrogens is 1. The number of anilines is 1. The van der Waals surface area contributed by atoms with Crippen molar-refractivity contribution >= 4 is 17.4 Å². The van der Waals surface area contributed by atoms with Crippen molar-refractivity contribution in [1.29, 1.82) is 0 Å². The fourth-order valence-corrected chi connectivity index (χ4v) is 4.42. The highest BCUT2D eigenvalue weighted by Gasteiger charge is 2.46. The molecule has 1 fully saturated rings. The number of carbonyl (C=O) groups is 2. The number of aromatic nitrogens is 2. The summed E-state index contributed by atoms with van der Waals surface area (Å²) in [6, 6.07) is 7.46. The molecule has 5 rings (SSSR count). The molecular weight excluding hydrogens is 330 g/mol. The summed E-state index contributed by atoms with van der Waals surface area (Å²) in [4.78, 5) is 27.4. The number of fused-ring (bicyclic) bond motifs is 4. The van der Waals surface area contributed by atoms with E-state index in [4.69, 9.17) is 4.74 Å². The summed E-state index contributed by atoms with van der Waals surface area (Å²) in [7, 11) is 1.73. The van der Waals surface area contributed by atoms with E-state index in [0.717, 1.165) is 35.7 Å². The topological polar surface area (TPSA) is 75.3 Å². The third-order valence-electron chi connectivity index (χ3n) is 5.98. The number of aryl methyl sites for hydroxylation is 1. The number of Topliss-reactive ketones (excluding diaryl/α,β-unsaturated/α-hetero) is 1. The van der Waals surface area contributed by atoms with E-state index in [2.05, 4.69) is 10.2 Å². The van der Waals surface area contributed by atoms with Crippen LogP contribution >= 0.6 is 0 Å². The van der Waals surface area contributed by atoms with E-state index in [1.54, 1.807) is 11.9 Å². The Morgan fingerprint density at radius 3 is 3.12 bits per heavy atom. The number of ketones is 1. The Balaban J connectivity index is 1.38. The number of hydrogen-bond acceptors (Lipinski definition) is 4. The first kappa shape index (κ1) is 15.6. The zero-order valence-corrected chi connectivity index (χ0v) is 14.7. The molecule has 0 radical (unpaired) electrons. The molecule has 0 saturated heterocycles. The van der Waals surface area contributed by atoms with Crippen molar-refractivity contribution in [3.8, 4) is 5.75 Å². The quantitative estimate of drug-likeness (QED) is 0.863. The molecule has 2 unspecified atom stereocenters. The highest BCUT2D eigenvalue weighted by atomic mass is 16.5. The molecule has 2 aliphatic carbocycles. The van der Waals surface area contributed by atoms with Gasteiger partial charge in [0.1, 0.15) is 18.1 Å². The molecule has 6 nitrogen and oxygen atoms in total. The molecule has 1 aromatic heterocycles. The second-order valence-electron chi connectivity index (χ2n) is 7.61. The van der Waals surface area contributed by atoms with Gasteiger partial charge in [-0.15, -0.1) is 0 Å². The molecule has 134 valence electrons. The maximum Gasteiger partial charge on any atom is 0.233 e. The molecule has 3 aliphatic rings. The van der Waals surface area contributed by atoms with Crippen LogP contribution < -0.4 is 9.64 Å². The Hall–Kier alpha value is -2.63. The van der Waals surface area contributed by atoms with Gasteiger partial charge < -0.3 is 9.64 Å². The highest BCUT2D eigenvalue weighted by Crippen LogP contribution is 2.55. The third-order valence-corrected chi connectivity index (χ3v) is 5.98. The largest absolute Gasteiger partial charge is 0.491 e. The summed E-state index contributed by atoms with van der Waals surface area (Å²) in [5, 5.41) is 7.36. The van der Waals surface area contributed by atoms with E-state index >= 15 is 0 Å². The molecule has 0 bridgehead atoms. The van der Waals surface area contributed by atoms with Crippen molar-refractivity contribution in [3.05, 3.63) is 41.2 Å². The van der Waals surface area contributed by atoms with E-state index < -0.39 is 5.92 Å². The van der Waals surface area contributed by atoms with Gasteiger partial charge in [-0.3, -0.25) is 14.7 Å². The third kappa shape index (κ3) is 2.35. The molecule has 1 aliphatic heterocycles. The molecule has 1 saturated carbocycles. The van der Waals surface area contributed by atoms with Gasteiger partial charge in [-0.1, -0.05) is 12.1 Å². The first-order chi connectivity index (χ1) is 12.6. The summed E-state index contributed by atoms with van der Waals surface area (Å²) in [5.41, 5.74) is 3.51. The van der Waals surface area contributed by atoms with Gasteiger partial charge in [0.05, 0.1) is 11.6 Å². The van der Waals surface area contributed by atoms with Crippen molar-refractivity contribution in [2.45, 2.75) is 31.6 Å². The van der Waals surface area contributed by atoms with E-state index in [1.165, 1.54) is 6.42 Å². The number of nitrogens with one attached hydrogen (secondary N) is 1. The SMILES string of the molecule is CN1C(=O)[C@@H](CC(=O)c2n[nH]c3c2C2CC2CC3)COc2ccccc21. The highest BCUT2D eigenvalue weighted by molar-refractivity contribution is 6.02. The van der Waals surface area contributed by atoms with Crippen LogP contribution in [0, 0.1) is 11.8 Å². The Morgan fingerprint density at radius 1 is 1.38 bits per heavy atom. The van der Waals surface area contributed by atoms with Gasteiger partial charge in [0, 0.05) is 24.7 Å². The van der Waals surface area contributed by atoms with E-state index in [0.29, 0.717) is 17.4 Å². The van der Waals surface area contributed by atoms with E-state index in [9.17, 15) is 9.59 Å². The minimum absolute atomic E-state index is 0.0589. The van der Waals surface area contributed by atoms with Crippen LogP contribution in [0.3, 0.4) is 0 Å². The molecule has 6 heteroatoms. The lowest BCUT2D eigenvalue weighted by Gasteiger charge is -2.19. The number of nitrogens with zero attached hydrogens (tertiary/aromatic N) is 2. The summed E-state index contributed by atoms with van der Waals surface area (Å²) in [5.74, 6) is 1.25. The zero-order chi connectivity index (χ0) is 17.8. The first-order valence-corrected chi connectivity index (χ1v) is 9.23. The van der Waals surface area contributed by atoms with Gasteiger partial charge in [-0.05, 0) is 43.2 Å². The number of amides is 1. The van der Waals surface area contributed by atoms with Gasteiger partial charge in [-0.25, -0.2) is 0 Å². The van der Waals surface area contributed by atoms with Gasteiger partial charge in [0.2, 0.25) is 5.91 Å². The molecule has 26 heavy (non-hydrogen) atoms. The van der Waals surface area contributed by atoms with Gasteiger partial charge in [0.15, 0.2) is 5.78 Å². The van der Waals surface area contributed by atoms with Crippen molar-refractivity contribution in [2.24, 2.45) is 11.8 Å². The summed E-state index contributed by atoms with van der Waals surface area (Å²) in [6.07, 6.45) is 3.45. The van der Waals surface area contributed by atoms with Crippen molar-refractivity contribution in [1.82, 2.24) is 10.2 Å². The fraction of sp³-hybridized carbons (Fsp3) is 0.450. The van der Waals surface area contributed by atoms with Crippen LogP contribution in [0.4, 0.5) is 5.69 Å². The predicted octanol–water partition coefficient (Wildman–Crippen LogP) is 2.70. The van der Waals surface area contributed by atoms with Gasteiger partial charge in [0.25, 0.3) is 0 Å². The molecular formula is C20H21N3O3. The monoisotopic (exact) mass is 351 g/mol. The van der Waals surface area contributed by atoms with Crippen LogP contribution in [0.15, 0.2) is 24.3 Å². The lowest BCUT2D eigenvalue weighted by Crippen LogP contribution is -2.35. The Morgan fingerprint density at radius 2 is 2.23 bits per heavy atom. The molecule has 2 heterocycles. The average Bonchev–Trinajstić information content (AvgIpc) is 3.35. The molecule has 3 atom stereocenters. The number of ether oxygens (including phenoxy) is 1. The number of rotatable bonds is 3. The average molecular weight is 351 g/mol. The van der Waals surface area contributed by atoms with E-state index in [-0.39, 0.29) is 24.7 Å². The number of hydrogen-bond donors (Lipinski definition) is 1. The standard InChI is InChI=1S/C20H21N3O3/c1-23-15-4-2-3-5-17(15)26-10-12(20(23)25)9-16(24)19-18-13-8-11(13)6-7-14(18)21-22-19/h2-5,11-13H,6-10H2,1H3,(H,21,22)/t11?,12-,13?/m0/s1. The van der Waals surface area contributed by atoms with Crippen LogP contribution in [-0.2, 0) is 11.2 Å². The van der Waals surface area contributed by atoms with E-state index in [1.807, 2.05) is 24.3 Å². The van der Waals surface area contributed by atoms with Crippen LogP contribution in [0.5, 0.6) is 5.75 Å². The van der Waals surface area contributed by atoms with Crippen LogP contribution in [0.25, 0.3) is 0 Å². The molecule has 1 aromatic carbocycles. The second-order valence-corrected chi connectivity index (χ2v) is 7.61.